The number of rotatable bonds is 6. The number of benzene rings is 1. The number of ether oxygens (including phenoxy) is 2. The number of sulfonamides is 1. The highest BCUT2D eigenvalue weighted by Gasteiger charge is 2.21. The second-order valence-corrected chi connectivity index (χ2v) is 7.82. The maximum atomic E-state index is 12.6. The highest BCUT2D eigenvalue weighted by Crippen LogP contribution is 2.28. The van der Waals surface area contributed by atoms with Crippen LogP contribution in [-0.4, -0.2) is 27.6 Å². The maximum absolute atomic E-state index is 12.6. The van der Waals surface area contributed by atoms with E-state index in [-0.39, 0.29) is 17.2 Å². The van der Waals surface area contributed by atoms with Gasteiger partial charge in [-0.15, -0.1) is 0 Å². The molecule has 0 fully saturated rings. The van der Waals surface area contributed by atoms with Gasteiger partial charge in [-0.25, -0.2) is 13.1 Å². The van der Waals surface area contributed by atoms with Crippen molar-refractivity contribution in [2.45, 2.75) is 25.3 Å². The van der Waals surface area contributed by atoms with E-state index in [1.807, 2.05) is 13.8 Å². The molecule has 2 aromatic rings. The van der Waals surface area contributed by atoms with Gasteiger partial charge in [0.15, 0.2) is 0 Å². The third-order valence-electron chi connectivity index (χ3n) is 3.59. The van der Waals surface area contributed by atoms with Crippen LogP contribution in [0.5, 0.6) is 11.5 Å². The molecule has 1 aromatic carbocycles. The molecule has 130 valence electrons. The highest BCUT2D eigenvalue weighted by molar-refractivity contribution is 9.10. The second kappa shape index (κ2) is 7.50. The van der Waals surface area contributed by atoms with Crippen molar-refractivity contribution in [2.24, 2.45) is 0 Å². The zero-order chi connectivity index (χ0) is 17.9. The summed E-state index contributed by atoms with van der Waals surface area (Å²) in [6, 6.07) is 4.81. The van der Waals surface area contributed by atoms with E-state index >= 15 is 0 Å². The van der Waals surface area contributed by atoms with Crippen LogP contribution in [0.4, 0.5) is 0 Å². The van der Waals surface area contributed by atoms with Gasteiger partial charge in [-0.1, -0.05) is 15.9 Å². The number of methoxy groups -OCH3 is 2. The predicted molar refractivity (Wildman–Crippen MR) is 95.0 cm³/mol. The van der Waals surface area contributed by atoms with Gasteiger partial charge in [0.05, 0.1) is 26.5 Å². The Kier molecular flexibility index (Phi) is 5.84. The summed E-state index contributed by atoms with van der Waals surface area (Å²) >= 11 is 3.28. The third-order valence-corrected chi connectivity index (χ3v) is 5.51. The van der Waals surface area contributed by atoms with Crippen LogP contribution in [0.2, 0.25) is 0 Å². The van der Waals surface area contributed by atoms with E-state index in [0.29, 0.717) is 15.9 Å². The maximum Gasteiger partial charge on any atom is 0.244 e. The molecule has 0 unspecified atom stereocenters. The molecule has 0 bridgehead atoms. The molecule has 0 aliphatic carbocycles. The molecule has 0 spiro atoms. The fraction of sp³-hybridized carbons (Fsp3) is 0.312. The van der Waals surface area contributed by atoms with Crippen LogP contribution in [0, 0.1) is 13.8 Å². The first-order valence-corrected chi connectivity index (χ1v) is 9.40. The van der Waals surface area contributed by atoms with Crippen LogP contribution in [0.3, 0.4) is 0 Å². The molecule has 1 heterocycles. The Bertz CT molecular complexity index is 853. The van der Waals surface area contributed by atoms with Gasteiger partial charge in [-0.05, 0) is 32.0 Å². The summed E-state index contributed by atoms with van der Waals surface area (Å²) in [5.74, 6) is 0.983. The Morgan fingerprint density at radius 2 is 1.92 bits per heavy atom. The van der Waals surface area contributed by atoms with Crippen LogP contribution in [0.15, 0.2) is 33.8 Å². The second-order valence-electron chi connectivity index (χ2n) is 5.17. The van der Waals surface area contributed by atoms with Gasteiger partial charge in [-0.2, -0.15) is 0 Å². The third kappa shape index (κ3) is 3.88. The molecule has 0 aliphatic heterocycles. The van der Waals surface area contributed by atoms with E-state index in [1.165, 1.54) is 13.2 Å². The zero-order valence-corrected chi connectivity index (χ0v) is 16.3. The standard InChI is InChI=1S/C16H19BrN2O4S/c1-10-8-18-13(11(2)16(10)23-4)9-19-24(20,21)15-7-12(17)5-6-14(15)22-3/h5-8,19H,9H2,1-4H3. The summed E-state index contributed by atoms with van der Waals surface area (Å²) in [4.78, 5) is 4.36. The molecule has 2 rings (SSSR count). The van der Waals surface area contributed by atoms with Crippen molar-refractivity contribution in [3.63, 3.8) is 0 Å². The van der Waals surface area contributed by atoms with Gasteiger partial charge in [-0.3, -0.25) is 4.98 Å². The van der Waals surface area contributed by atoms with Crippen molar-refractivity contribution in [3.8, 4) is 11.5 Å². The molecule has 0 saturated carbocycles. The first kappa shape index (κ1) is 18.7. The predicted octanol–water partition coefficient (Wildman–Crippen LogP) is 2.96. The minimum absolute atomic E-state index is 0.0560. The van der Waals surface area contributed by atoms with Gasteiger partial charge in [0.1, 0.15) is 16.4 Å². The SMILES string of the molecule is COc1ccc(Br)cc1S(=O)(=O)NCc1ncc(C)c(OC)c1C. The number of nitrogens with one attached hydrogen (secondary N) is 1. The molecule has 0 aliphatic rings. The monoisotopic (exact) mass is 414 g/mol. The van der Waals surface area contributed by atoms with Crippen molar-refractivity contribution >= 4 is 26.0 Å². The quantitative estimate of drug-likeness (QED) is 0.785. The lowest BCUT2D eigenvalue weighted by atomic mass is 10.1. The molecule has 0 radical (unpaired) electrons. The Morgan fingerprint density at radius 1 is 1.21 bits per heavy atom. The van der Waals surface area contributed by atoms with Crippen molar-refractivity contribution < 1.29 is 17.9 Å². The topological polar surface area (TPSA) is 77.5 Å². The summed E-state index contributed by atoms with van der Waals surface area (Å²) in [6.07, 6.45) is 1.66. The minimum atomic E-state index is -3.76. The fourth-order valence-corrected chi connectivity index (χ4v) is 4.04. The Hall–Kier alpha value is -1.64. The number of hydrogen-bond acceptors (Lipinski definition) is 5. The number of aromatic nitrogens is 1. The lowest BCUT2D eigenvalue weighted by Crippen LogP contribution is -2.25. The van der Waals surface area contributed by atoms with Crippen LogP contribution in [0.1, 0.15) is 16.8 Å². The summed E-state index contributed by atoms with van der Waals surface area (Å²) in [7, 11) is -0.748. The summed E-state index contributed by atoms with van der Waals surface area (Å²) in [5, 5.41) is 0. The van der Waals surface area contributed by atoms with E-state index in [4.69, 9.17) is 9.47 Å². The first-order chi connectivity index (χ1) is 11.3. The minimum Gasteiger partial charge on any atom is -0.496 e. The molecule has 0 atom stereocenters. The van der Waals surface area contributed by atoms with E-state index in [9.17, 15) is 8.42 Å². The normalized spacial score (nSPS) is 11.4. The van der Waals surface area contributed by atoms with Crippen LogP contribution in [0.25, 0.3) is 0 Å². The van der Waals surface area contributed by atoms with Crippen molar-refractivity contribution in [1.82, 2.24) is 9.71 Å². The van der Waals surface area contributed by atoms with Crippen molar-refractivity contribution in [1.29, 1.82) is 0 Å². The van der Waals surface area contributed by atoms with E-state index < -0.39 is 10.0 Å². The van der Waals surface area contributed by atoms with Gasteiger partial charge in [0, 0.05) is 21.8 Å². The van der Waals surface area contributed by atoms with E-state index in [1.54, 1.807) is 25.4 Å². The molecule has 6 nitrogen and oxygen atoms in total. The Morgan fingerprint density at radius 3 is 2.54 bits per heavy atom. The number of halogens is 1. The summed E-state index contributed by atoms with van der Waals surface area (Å²) in [6.45, 7) is 3.79. The van der Waals surface area contributed by atoms with Crippen molar-refractivity contribution in [3.05, 3.63) is 45.7 Å². The number of hydrogen-bond donors (Lipinski definition) is 1. The van der Waals surface area contributed by atoms with Crippen LogP contribution >= 0.6 is 15.9 Å². The van der Waals surface area contributed by atoms with Crippen molar-refractivity contribution in [2.75, 3.05) is 14.2 Å². The molecule has 0 amide bonds. The lowest BCUT2D eigenvalue weighted by molar-refractivity contribution is 0.402. The fourth-order valence-electron chi connectivity index (χ4n) is 2.35. The molecule has 0 saturated heterocycles. The van der Waals surface area contributed by atoms with Gasteiger partial charge >= 0.3 is 0 Å². The molecule has 8 heteroatoms. The van der Waals surface area contributed by atoms with Crippen LogP contribution < -0.4 is 14.2 Å². The van der Waals surface area contributed by atoms with Gasteiger partial charge in [0.2, 0.25) is 10.0 Å². The number of nitrogens with zero attached hydrogens (tertiary/aromatic N) is 1. The van der Waals surface area contributed by atoms with E-state index in [2.05, 4.69) is 25.6 Å². The Labute approximate surface area is 150 Å². The average molecular weight is 415 g/mol. The first-order valence-electron chi connectivity index (χ1n) is 7.12. The smallest absolute Gasteiger partial charge is 0.244 e. The summed E-state index contributed by atoms with van der Waals surface area (Å²) in [5.41, 5.74) is 2.31. The average Bonchev–Trinajstić information content (AvgIpc) is 2.54. The van der Waals surface area contributed by atoms with Gasteiger partial charge in [0.25, 0.3) is 0 Å². The number of aryl methyl sites for hydroxylation is 1. The Balaban J connectivity index is 2.31. The van der Waals surface area contributed by atoms with E-state index in [0.717, 1.165) is 11.1 Å². The molecule has 1 N–H and O–H groups in total. The molecular formula is C16H19BrN2O4S. The highest BCUT2D eigenvalue weighted by atomic mass is 79.9. The number of pyridine rings is 1. The summed E-state index contributed by atoms with van der Waals surface area (Å²) < 4.78 is 38.9. The van der Waals surface area contributed by atoms with Crippen LogP contribution in [-0.2, 0) is 16.6 Å². The lowest BCUT2D eigenvalue weighted by Gasteiger charge is -2.14. The molecule has 24 heavy (non-hydrogen) atoms. The zero-order valence-electron chi connectivity index (χ0n) is 13.9. The molecule has 1 aromatic heterocycles. The molecular weight excluding hydrogens is 396 g/mol. The van der Waals surface area contributed by atoms with Gasteiger partial charge < -0.3 is 9.47 Å². The largest absolute Gasteiger partial charge is 0.496 e.